The number of aromatic nitrogens is 6. The van der Waals surface area contributed by atoms with Crippen LogP contribution in [0.15, 0.2) is 66.0 Å². The number of nitrogens with one attached hydrogen (secondary N) is 1. The van der Waals surface area contributed by atoms with Crippen molar-refractivity contribution >= 4 is 39.1 Å². The molecule has 0 fully saturated rings. The maximum absolute atomic E-state index is 5.27. The molecule has 2 aromatic carbocycles. The predicted octanol–water partition coefficient (Wildman–Crippen LogP) is 5.56. The summed E-state index contributed by atoms with van der Waals surface area (Å²) < 4.78 is 8.99. The number of aryl methyl sites for hydroxylation is 2. The van der Waals surface area contributed by atoms with Crippen LogP contribution in [-0.2, 0) is 0 Å². The number of methoxy groups -OCH3 is 1. The Morgan fingerprint density at radius 2 is 1.74 bits per heavy atom. The van der Waals surface area contributed by atoms with Gasteiger partial charge in [-0.2, -0.15) is 10.1 Å². The van der Waals surface area contributed by atoms with Crippen LogP contribution in [0.2, 0.25) is 0 Å². The Morgan fingerprint density at radius 1 is 0.941 bits per heavy atom. The van der Waals surface area contributed by atoms with Gasteiger partial charge in [-0.15, -0.1) is 16.4 Å². The second-order valence-electron chi connectivity index (χ2n) is 7.96. The molecule has 0 saturated carbocycles. The van der Waals surface area contributed by atoms with Crippen molar-refractivity contribution in [2.45, 2.75) is 13.8 Å². The lowest BCUT2D eigenvalue weighted by Crippen LogP contribution is -2.01. The van der Waals surface area contributed by atoms with Crippen LogP contribution in [0.3, 0.4) is 0 Å². The van der Waals surface area contributed by atoms with Gasteiger partial charge in [-0.1, -0.05) is 18.2 Å². The van der Waals surface area contributed by atoms with Gasteiger partial charge in [0, 0.05) is 16.3 Å². The van der Waals surface area contributed by atoms with E-state index in [0.717, 1.165) is 49.9 Å². The molecule has 6 rings (SSSR count). The number of thiazole rings is 1. The monoisotopic (exact) mass is 467 g/mol. The Morgan fingerprint density at radius 3 is 2.50 bits per heavy atom. The third kappa shape index (κ3) is 3.37. The quantitative estimate of drug-likeness (QED) is 0.357. The molecule has 0 unspecified atom stereocenters. The summed E-state index contributed by atoms with van der Waals surface area (Å²) >= 11 is 1.54. The van der Waals surface area contributed by atoms with Crippen LogP contribution < -0.4 is 10.1 Å². The van der Waals surface area contributed by atoms with Crippen molar-refractivity contribution < 1.29 is 4.74 Å². The standard InChI is InChI=1S/C25H21N7OS/c1-15-13-21(26-23-22(15)16(2)29-31(23)18-7-5-4-6-8-18)27-24-28-25-32(30-24)20(14-34-25)17-9-11-19(33-3)12-10-17/h4-14H,1-3H3,(H,26,27,30). The van der Waals surface area contributed by atoms with Crippen molar-refractivity contribution in [1.82, 2.24) is 29.4 Å². The molecule has 9 heteroatoms. The molecule has 0 aliphatic heterocycles. The number of benzene rings is 2. The lowest BCUT2D eigenvalue weighted by atomic mass is 10.1. The molecular weight excluding hydrogens is 446 g/mol. The molecule has 4 aromatic heterocycles. The summed E-state index contributed by atoms with van der Waals surface area (Å²) in [5.41, 5.74) is 5.81. The molecule has 0 aliphatic rings. The van der Waals surface area contributed by atoms with Gasteiger partial charge >= 0.3 is 0 Å². The fraction of sp³-hybridized carbons (Fsp3) is 0.120. The molecule has 0 atom stereocenters. The zero-order chi connectivity index (χ0) is 23.2. The molecule has 168 valence electrons. The summed E-state index contributed by atoms with van der Waals surface area (Å²) in [5, 5.41) is 15.8. The highest BCUT2D eigenvalue weighted by molar-refractivity contribution is 7.15. The van der Waals surface area contributed by atoms with E-state index in [0.29, 0.717) is 11.8 Å². The van der Waals surface area contributed by atoms with Gasteiger partial charge in [0.05, 0.1) is 24.2 Å². The molecular formula is C25H21N7OS. The van der Waals surface area contributed by atoms with Gasteiger partial charge in [-0.3, -0.25) is 0 Å². The van der Waals surface area contributed by atoms with Gasteiger partial charge < -0.3 is 10.1 Å². The summed E-state index contributed by atoms with van der Waals surface area (Å²) in [5.74, 6) is 1.99. The number of para-hydroxylation sites is 1. The fourth-order valence-electron chi connectivity index (χ4n) is 4.13. The molecule has 6 aromatic rings. The van der Waals surface area contributed by atoms with Gasteiger partial charge in [-0.25, -0.2) is 14.2 Å². The molecule has 0 radical (unpaired) electrons. The molecule has 0 amide bonds. The molecule has 0 bridgehead atoms. The van der Waals surface area contributed by atoms with Crippen molar-refractivity contribution in [2.24, 2.45) is 0 Å². The third-order valence-corrected chi connectivity index (χ3v) is 6.53. The molecule has 0 saturated heterocycles. The van der Waals surface area contributed by atoms with E-state index in [4.69, 9.17) is 19.9 Å². The first-order chi connectivity index (χ1) is 16.6. The van der Waals surface area contributed by atoms with Gasteiger partial charge in [-0.05, 0) is 61.9 Å². The van der Waals surface area contributed by atoms with E-state index in [2.05, 4.69) is 22.6 Å². The van der Waals surface area contributed by atoms with E-state index in [-0.39, 0.29) is 0 Å². The average Bonchev–Trinajstić information content (AvgIpc) is 3.52. The fourth-order valence-corrected chi connectivity index (χ4v) is 4.96. The zero-order valence-corrected chi connectivity index (χ0v) is 19.7. The minimum absolute atomic E-state index is 0.496. The molecule has 4 heterocycles. The highest BCUT2D eigenvalue weighted by atomic mass is 32.1. The van der Waals surface area contributed by atoms with E-state index in [1.807, 2.05) is 76.8 Å². The van der Waals surface area contributed by atoms with Gasteiger partial charge in [0.2, 0.25) is 10.9 Å². The van der Waals surface area contributed by atoms with Gasteiger partial charge in [0.15, 0.2) is 5.65 Å². The second-order valence-corrected chi connectivity index (χ2v) is 8.80. The molecule has 1 N–H and O–H groups in total. The summed E-state index contributed by atoms with van der Waals surface area (Å²) in [4.78, 5) is 10.3. The molecule has 34 heavy (non-hydrogen) atoms. The van der Waals surface area contributed by atoms with Crippen molar-refractivity contribution in [2.75, 3.05) is 12.4 Å². The van der Waals surface area contributed by atoms with E-state index in [1.165, 1.54) is 0 Å². The normalized spacial score (nSPS) is 11.4. The highest BCUT2D eigenvalue weighted by Gasteiger charge is 2.16. The largest absolute Gasteiger partial charge is 0.497 e. The number of pyridine rings is 1. The van der Waals surface area contributed by atoms with Crippen molar-refractivity contribution in [3.8, 4) is 22.7 Å². The van der Waals surface area contributed by atoms with E-state index in [9.17, 15) is 0 Å². The predicted molar refractivity (Wildman–Crippen MR) is 134 cm³/mol. The Labute approximate surface area is 199 Å². The molecule has 0 aliphatic carbocycles. The van der Waals surface area contributed by atoms with E-state index >= 15 is 0 Å². The first kappa shape index (κ1) is 20.4. The number of rotatable bonds is 5. The number of hydrogen-bond donors (Lipinski definition) is 1. The van der Waals surface area contributed by atoms with Gasteiger partial charge in [0.25, 0.3) is 0 Å². The van der Waals surface area contributed by atoms with Crippen LogP contribution in [0.25, 0.3) is 32.9 Å². The minimum Gasteiger partial charge on any atom is -0.497 e. The number of nitrogens with zero attached hydrogens (tertiary/aromatic N) is 6. The van der Waals surface area contributed by atoms with Crippen molar-refractivity contribution in [1.29, 1.82) is 0 Å². The summed E-state index contributed by atoms with van der Waals surface area (Å²) in [7, 11) is 1.66. The Hall–Kier alpha value is -4.24. The third-order valence-electron chi connectivity index (χ3n) is 5.72. The van der Waals surface area contributed by atoms with Crippen LogP contribution in [-0.4, -0.2) is 36.5 Å². The van der Waals surface area contributed by atoms with E-state index < -0.39 is 0 Å². The zero-order valence-electron chi connectivity index (χ0n) is 18.9. The van der Waals surface area contributed by atoms with Gasteiger partial charge in [0.1, 0.15) is 11.6 Å². The minimum atomic E-state index is 0.496. The number of hydrogen-bond acceptors (Lipinski definition) is 7. The van der Waals surface area contributed by atoms with Crippen LogP contribution in [0.5, 0.6) is 5.75 Å². The first-order valence-electron chi connectivity index (χ1n) is 10.8. The smallest absolute Gasteiger partial charge is 0.249 e. The second kappa shape index (κ2) is 7.96. The van der Waals surface area contributed by atoms with Crippen molar-refractivity contribution in [3.63, 3.8) is 0 Å². The van der Waals surface area contributed by atoms with Crippen LogP contribution in [0.4, 0.5) is 11.8 Å². The maximum Gasteiger partial charge on any atom is 0.249 e. The lowest BCUT2D eigenvalue weighted by Gasteiger charge is -2.07. The summed E-state index contributed by atoms with van der Waals surface area (Å²) in [6.45, 7) is 4.08. The Bertz CT molecular complexity index is 1630. The molecule has 8 nitrogen and oxygen atoms in total. The number of ether oxygens (including phenoxy) is 1. The number of fused-ring (bicyclic) bond motifs is 2. The van der Waals surface area contributed by atoms with Crippen LogP contribution in [0.1, 0.15) is 11.3 Å². The van der Waals surface area contributed by atoms with E-state index in [1.54, 1.807) is 18.4 Å². The van der Waals surface area contributed by atoms with Crippen molar-refractivity contribution in [3.05, 3.63) is 77.3 Å². The maximum atomic E-state index is 5.27. The summed E-state index contributed by atoms with van der Waals surface area (Å²) in [6.07, 6.45) is 0. The summed E-state index contributed by atoms with van der Waals surface area (Å²) in [6, 6.07) is 19.9. The van der Waals surface area contributed by atoms with Crippen LogP contribution in [0, 0.1) is 13.8 Å². The number of anilines is 2. The first-order valence-corrected chi connectivity index (χ1v) is 11.7. The lowest BCUT2D eigenvalue weighted by molar-refractivity contribution is 0.415. The Balaban J connectivity index is 1.38. The SMILES string of the molecule is COc1ccc(-c2csc3nc(Nc4cc(C)c5c(C)nn(-c6ccccc6)c5n4)nn23)cc1. The topological polar surface area (TPSA) is 82.2 Å². The average molecular weight is 468 g/mol. The Kier molecular flexibility index (Phi) is 4.77. The molecule has 0 spiro atoms. The highest BCUT2D eigenvalue weighted by Crippen LogP contribution is 2.29. The van der Waals surface area contributed by atoms with Crippen LogP contribution >= 0.6 is 11.3 Å².